The molecule has 0 bridgehead atoms. The van der Waals surface area contributed by atoms with Crippen LogP contribution in [0.1, 0.15) is 53.4 Å². The molecule has 0 radical (unpaired) electrons. The predicted molar refractivity (Wildman–Crippen MR) is 83.8 cm³/mol. The van der Waals surface area contributed by atoms with E-state index in [1.54, 1.807) is 0 Å². The van der Waals surface area contributed by atoms with E-state index >= 15 is 0 Å². The first-order valence-electron chi connectivity index (χ1n) is 6.49. The SMILES string of the molecule is CSCC=C(C)CCC=C(C)CCC=C(C)C. The molecule has 0 N–H and O–H groups in total. The fourth-order valence-electron chi connectivity index (χ4n) is 1.56. The molecular formula is C16H28S. The Hall–Kier alpha value is -0.430. The molecular weight excluding hydrogens is 224 g/mol. The molecule has 1 heteroatoms. The number of allylic oxidation sites excluding steroid dienone is 5. The van der Waals surface area contributed by atoms with Crippen molar-refractivity contribution in [1.82, 2.24) is 0 Å². The lowest BCUT2D eigenvalue weighted by molar-refractivity contribution is 0.917. The number of thioether (sulfide) groups is 1. The Morgan fingerprint density at radius 1 is 0.824 bits per heavy atom. The summed E-state index contributed by atoms with van der Waals surface area (Å²) in [6, 6.07) is 0. The smallest absolute Gasteiger partial charge is 0.0113 e. The molecule has 98 valence electrons. The summed E-state index contributed by atoms with van der Waals surface area (Å²) in [5.41, 5.74) is 4.47. The van der Waals surface area contributed by atoms with Crippen LogP contribution >= 0.6 is 11.8 Å². The summed E-state index contributed by atoms with van der Waals surface area (Å²) < 4.78 is 0. The quantitative estimate of drug-likeness (QED) is 0.494. The molecule has 0 aromatic carbocycles. The molecule has 0 spiro atoms. The molecule has 0 aliphatic rings. The summed E-state index contributed by atoms with van der Waals surface area (Å²) in [4.78, 5) is 0. The largest absolute Gasteiger partial charge is 0.161 e. The van der Waals surface area contributed by atoms with Gasteiger partial charge in [0, 0.05) is 5.75 Å². The van der Waals surface area contributed by atoms with Gasteiger partial charge < -0.3 is 0 Å². The van der Waals surface area contributed by atoms with E-state index in [2.05, 4.69) is 52.2 Å². The van der Waals surface area contributed by atoms with E-state index in [9.17, 15) is 0 Å². The lowest BCUT2D eigenvalue weighted by atomic mass is 10.1. The third-order valence-corrected chi connectivity index (χ3v) is 3.22. The predicted octanol–water partition coefficient (Wildman–Crippen LogP) is 5.77. The molecule has 17 heavy (non-hydrogen) atoms. The van der Waals surface area contributed by atoms with Crippen LogP contribution in [-0.4, -0.2) is 12.0 Å². The molecule has 0 unspecified atom stereocenters. The Labute approximate surface area is 112 Å². The van der Waals surface area contributed by atoms with Crippen molar-refractivity contribution < 1.29 is 0 Å². The van der Waals surface area contributed by atoms with E-state index in [-0.39, 0.29) is 0 Å². The topological polar surface area (TPSA) is 0 Å². The first kappa shape index (κ1) is 16.6. The summed E-state index contributed by atoms with van der Waals surface area (Å²) in [6.45, 7) is 8.82. The van der Waals surface area contributed by atoms with Crippen molar-refractivity contribution in [3.8, 4) is 0 Å². The van der Waals surface area contributed by atoms with Crippen LogP contribution in [0.5, 0.6) is 0 Å². The van der Waals surface area contributed by atoms with Gasteiger partial charge in [-0.3, -0.25) is 0 Å². The minimum Gasteiger partial charge on any atom is -0.161 e. The van der Waals surface area contributed by atoms with Gasteiger partial charge in [0.05, 0.1) is 0 Å². The van der Waals surface area contributed by atoms with Crippen molar-refractivity contribution in [3.05, 3.63) is 34.9 Å². The molecule has 0 amide bonds. The molecule has 0 nitrogen and oxygen atoms in total. The Morgan fingerprint density at radius 3 is 1.88 bits per heavy atom. The van der Waals surface area contributed by atoms with Gasteiger partial charge in [0.2, 0.25) is 0 Å². The third-order valence-electron chi connectivity index (χ3n) is 2.72. The van der Waals surface area contributed by atoms with Gasteiger partial charge in [-0.25, -0.2) is 0 Å². The van der Waals surface area contributed by atoms with E-state index < -0.39 is 0 Å². The summed E-state index contributed by atoms with van der Waals surface area (Å²) in [5.74, 6) is 1.15. The van der Waals surface area contributed by atoms with Gasteiger partial charge in [0.25, 0.3) is 0 Å². The Balaban J connectivity index is 3.80. The van der Waals surface area contributed by atoms with Crippen LogP contribution in [0.2, 0.25) is 0 Å². The van der Waals surface area contributed by atoms with Crippen LogP contribution in [0.3, 0.4) is 0 Å². The van der Waals surface area contributed by atoms with Gasteiger partial charge >= 0.3 is 0 Å². The van der Waals surface area contributed by atoms with Crippen molar-refractivity contribution in [3.63, 3.8) is 0 Å². The Kier molecular flexibility index (Phi) is 10.4. The second-order valence-corrected chi connectivity index (χ2v) is 5.83. The molecule has 0 fully saturated rings. The minimum atomic E-state index is 1.15. The highest BCUT2D eigenvalue weighted by atomic mass is 32.2. The molecule has 0 saturated heterocycles. The summed E-state index contributed by atoms with van der Waals surface area (Å²) in [7, 11) is 0. The molecule has 0 aromatic rings. The fraction of sp³-hybridized carbons (Fsp3) is 0.625. The third kappa shape index (κ3) is 11.8. The van der Waals surface area contributed by atoms with Crippen molar-refractivity contribution in [2.75, 3.05) is 12.0 Å². The van der Waals surface area contributed by atoms with Crippen LogP contribution < -0.4 is 0 Å². The number of rotatable bonds is 8. The first-order chi connectivity index (χ1) is 8.06. The highest BCUT2D eigenvalue weighted by Crippen LogP contribution is 2.11. The Bertz CT molecular complexity index is 278. The van der Waals surface area contributed by atoms with Crippen molar-refractivity contribution in [2.45, 2.75) is 53.4 Å². The lowest BCUT2D eigenvalue weighted by Gasteiger charge is -2.01. The van der Waals surface area contributed by atoms with E-state index in [1.807, 2.05) is 11.8 Å². The average Bonchev–Trinajstić information content (AvgIpc) is 2.25. The summed E-state index contributed by atoms with van der Waals surface area (Å²) in [6.07, 6.45) is 14.0. The zero-order chi connectivity index (χ0) is 13.1. The standard InChI is InChI=1S/C16H28S/c1-14(2)8-6-9-15(3)10-7-11-16(4)12-13-17-5/h8,10,12H,6-7,9,11,13H2,1-5H3. The van der Waals surface area contributed by atoms with Crippen LogP contribution in [0, 0.1) is 0 Å². The zero-order valence-corrected chi connectivity index (χ0v) is 13.0. The Morgan fingerprint density at radius 2 is 1.35 bits per heavy atom. The number of hydrogen-bond acceptors (Lipinski definition) is 1. The first-order valence-corrected chi connectivity index (χ1v) is 7.89. The molecule has 0 aliphatic carbocycles. The maximum Gasteiger partial charge on any atom is 0.0113 e. The van der Waals surface area contributed by atoms with Crippen LogP contribution in [-0.2, 0) is 0 Å². The second kappa shape index (κ2) is 10.7. The van der Waals surface area contributed by atoms with Crippen LogP contribution in [0.15, 0.2) is 34.9 Å². The molecule has 0 rings (SSSR count). The van der Waals surface area contributed by atoms with Gasteiger partial charge in [0.1, 0.15) is 0 Å². The number of hydrogen-bond donors (Lipinski definition) is 0. The highest BCUT2D eigenvalue weighted by Gasteiger charge is 1.91. The molecule has 0 aromatic heterocycles. The summed E-state index contributed by atoms with van der Waals surface area (Å²) in [5, 5.41) is 0. The lowest BCUT2D eigenvalue weighted by Crippen LogP contribution is -1.81. The van der Waals surface area contributed by atoms with Crippen molar-refractivity contribution in [2.24, 2.45) is 0 Å². The van der Waals surface area contributed by atoms with Crippen LogP contribution in [0.25, 0.3) is 0 Å². The van der Waals surface area contributed by atoms with Gasteiger partial charge in [-0.05, 0) is 59.6 Å². The average molecular weight is 252 g/mol. The van der Waals surface area contributed by atoms with E-state index in [4.69, 9.17) is 0 Å². The molecule has 0 heterocycles. The minimum absolute atomic E-state index is 1.15. The maximum atomic E-state index is 2.40. The van der Waals surface area contributed by atoms with Gasteiger partial charge in [-0.1, -0.05) is 34.9 Å². The van der Waals surface area contributed by atoms with Gasteiger partial charge in [0.15, 0.2) is 0 Å². The molecule has 0 aliphatic heterocycles. The van der Waals surface area contributed by atoms with Crippen molar-refractivity contribution >= 4 is 11.8 Å². The van der Waals surface area contributed by atoms with Crippen molar-refractivity contribution in [1.29, 1.82) is 0 Å². The zero-order valence-electron chi connectivity index (χ0n) is 12.2. The van der Waals surface area contributed by atoms with E-state index in [1.165, 1.54) is 42.4 Å². The molecule has 0 atom stereocenters. The summed E-state index contributed by atoms with van der Waals surface area (Å²) >= 11 is 1.89. The van der Waals surface area contributed by atoms with Gasteiger partial charge in [-0.2, -0.15) is 11.8 Å². The second-order valence-electron chi connectivity index (χ2n) is 4.92. The van der Waals surface area contributed by atoms with E-state index in [0.717, 1.165) is 5.75 Å². The van der Waals surface area contributed by atoms with E-state index in [0.29, 0.717) is 0 Å². The highest BCUT2D eigenvalue weighted by molar-refractivity contribution is 7.98. The fourth-order valence-corrected chi connectivity index (χ4v) is 2.02. The van der Waals surface area contributed by atoms with Crippen LogP contribution in [0.4, 0.5) is 0 Å². The molecule has 0 saturated carbocycles. The van der Waals surface area contributed by atoms with Gasteiger partial charge in [-0.15, -0.1) is 0 Å². The monoisotopic (exact) mass is 252 g/mol. The maximum absolute atomic E-state index is 2.40. The normalized spacial score (nSPS) is 12.8.